The first-order valence-electron chi connectivity index (χ1n) is 7.28. The Morgan fingerprint density at radius 3 is 2.57 bits per heavy atom. The van der Waals surface area contributed by atoms with Crippen molar-refractivity contribution in [2.75, 3.05) is 19.3 Å². The van der Waals surface area contributed by atoms with Crippen molar-refractivity contribution in [2.45, 2.75) is 25.3 Å². The fourth-order valence-electron chi connectivity index (χ4n) is 2.62. The van der Waals surface area contributed by atoms with Crippen molar-refractivity contribution in [3.63, 3.8) is 0 Å². The predicted molar refractivity (Wildman–Crippen MR) is 84.6 cm³/mol. The lowest BCUT2D eigenvalue weighted by atomic mass is 10.0. The van der Waals surface area contributed by atoms with Crippen LogP contribution in [-0.4, -0.2) is 49.5 Å². The summed E-state index contributed by atoms with van der Waals surface area (Å²) >= 11 is 0. The number of rotatable bonds is 5. The molecule has 0 spiro atoms. The van der Waals surface area contributed by atoms with Gasteiger partial charge in [0.1, 0.15) is 0 Å². The van der Waals surface area contributed by atoms with Gasteiger partial charge in [-0.1, -0.05) is 0 Å². The molecule has 1 amide bonds. The van der Waals surface area contributed by atoms with E-state index in [1.807, 2.05) is 0 Å². The highest BCUT2D eigenvalue weighted by Gasteiger charge is 2.28. The van der Waals surface area contributed by atoms with Crippen LogP contribution >= 0.6 is 0 Å². The minimum atomic E-state index is -3.32. The van der Waals surface area contributed by atoms with Gasteiger partial charge in [-0.3, -0.25) is 14.9 Å². The molecule has 9 heteroatoms. The van der Waals surface area contributed by atoms with Crippen molar-refractivity contribution in [1.29, 1.82) is 0 Å². The van der Waals surface area contributed by atoms with Gasteiger partial charge < -0.3 is 4.90 Å². The summed E-state index contributed by atoms with van der Waals surface area (Å²) in [6.45, 7) is 0.726. The number of non-ortho nitro benzene ring substituents is 1. The summed E-state index contributed by atoms with van der Waals surface area (Å²) in [6.07, 6.45) is 3.59. The van der Waals surface area contributed by atoms with Crippen molar-refractivity contribution in [2.24, 2.45) is 0 Å². The lowest BCUT2D eigenvalue weighted by Crippen LogP contribution is -2.49. The standard InChI is InChI=1S/C14H19N3O5S/c1-23(21,22)15-10-13-4-2-3-9-16(13)14(18)11-5-7-12(8-6-11)17(19)20/h5-8,13,15H,2-4,9-10H2,1H3. The number of piperidine rings is 1. The average molecular weight is 341 g/mol. The fourth-order valence-corrected chi connectivity index (χ4v) is 3.11. The van der Waals surface area contributed by atoms with Gasteiger partial charge in [-0.05, 0) is 31.4 Å². The lowest BCUT2D eigenvalue weighted by molar-refractivity contribution is -0.384. The first-order valence-corrected chi connectivity index (χ1v) is 9.17. The third kappa shape index (κ3) is 4.73. The Bertz CT molecular complexity index is 687. The first kappa shape index (κ1) is 17.4. The second-order valence-corrected chi connectivity index (χ2v) is 7.41. The number of amides is 1. The van der Waals surface area contributed by atoms with E-state index in [1.54, 1.807) is 4.90 Å². The SMILES string of the molecule is CS(=O)(=O)NCC1CCCCN1C(=O)c1ccc([N+](=O)[O-])cc1. The predicted octanol–water partition coefficient (Wildman–Crippen LogP) is 1.14. The normalized spacial score (nSPS) is 18.7. The van der Waals surface area contributed by atoms with E-state index in [0.29, 0.717) is 12.1 Å². The third-order valence-electron chi connectivity index (χ3n) is 3.79. The summed E-state index contributed by atoms with van der Waals surface area (Å²) < 4.78 is 24.9. The number of likely N-dealkylation sites (tertiary alicyclic amines) is 1. The zero-order valence-corrected chi connectivity index (χ0v) is 13.6. The van der Waals surface area contributed by atoms with Crippen LogP contribution < -0.4 is 4.72 Å². The Hall–Kier alpha value is -2.00. The largest absolute Gasteiger partial charge is 0.334 e. The molecule has 0 bridgehead atoms. The van der Waals surface area contributed by atoms with Crippen LogP contribution in [-0.2, 0) is 10.0 Å². The quantitative estimate of drug-likeness (QED) is 0.638. The summed E-state index contributed by atoms with van der Waals surface area (Å²) in [5.74, 6) is -0.236. The van der Waals surface area contributed by atoms with Gasteiger partial charge in [0.2, 0.25) is 10.0 Å². The van der Waals surface area contributed by atoms with Gasteiger partial charge >= 0.3 is 0 Å². The molecule has 2 rings (SSSR count). The summed E-state index contributed by atoms with van der Waals surface area (Å²) in [5, 5.41) is 10.7. The van der Waals surface area contributed by atoms with Crippen molar-refractivity contribution < 1.29 is 18.1 Å². The van der Waals surface area contributed by atoms with E-state index in [4.69, 9.17) is 0 Å². The van der Waals surface area contributed by atoms with Crippen molar-refractivity contribution in [1.82, 2.24) is 9.62 Å². The Morgan fingerprint density at radius 2 is 2.00 bits per heavy atom. The molecule has 1 fully saturated rings. The number of sulfonamides is 1. The number of nitrogens with zero attached hydrogens (tertiary/aromatic N) is 2. The van der Waals surface area contributed by atoms with Crippen LogP contribution in [0.15, 0.2) is 24.3 Å². The maximum Gasteiger partial charge on any atom is 0.269 e. The topological polar surface area (TPSA) is 110 Å². The summed E-state index contributed by atoms with van der Waals surface area (Å²) in [7, 11) is -3.32. The monoisotopic (exact) mass is 341 g/mol. The summed E-state index contributed by atoms with van der Waals surface area (Å²) in [5.41, 5.74) is 0.289. The second kappa shape index (κ2) is 7.05. The Balaban J connectivity index is 2.12. The van der Waals surface area contributed by atoms with E-state index in [9.17, 15) is 23.3 Å². The second-order valence-electron chi connectivity index (χ2n) is 5.57. The van der Waals surface area contributed by atoms with Gasteiger partial charge in [0.25, 0.3) is 11.6 Å². The Kier molecular flexibility index (Phi) is 5.32. The molecular formula is C14H19N3O5S. The fraction of sp³-hybridized carbons (Fsp3) is 0.500. The first-order chi connectivity index (χ1) is 10.8. The number of nitro benzene ring substituents is 1. The molecule has 1 N–H and O–H groups in total. The molecule has 1 heterocycles. The van der Waals surface area contributed by atoms with Crippen LogP contribution in [0.3, 0.4) is 0 Å². The molecule has 1 aromatic carbocycles. The highest BCUT2D eigenvalue weighted by Crippen LogP contribution is 2.21. The zero-order valence-electron chi connectivity index (χ0n) is 12.8. The number of carbonyl (C=O) groups excluding carboxylic acids is 1. The maximum absolute atomic E-state index is 12.6. The lowest BCUT2D eigenvalue weighted by Gasteiger charge is -2.35. The molecule has 1 aliphatic heterocycles. The van der Waals surface area contributed by atoms with Crippen LogP contribution in [0, 0.1) is 10.1 Å². The van der Waals surface area contributed by atoms with Gasteiger partial charge in [-0.15, -0.1) is 0 Å². The highest BCUT2D eigenvalue weighted by atomic mass is 32.2. The molecule has 0 saturated carbocycles. The minimum Gasteiger partial charge on any atom is -0.334 e. The van der Waals surface area contributed by atoms with Crippen LogP contribution in [0.1, 0.15) is 29.6 Å². The smallest absolute Gasteiger partial charge is 0.269 e. The average Bonchev–Trinajstić information content (AvgIpc) is 2.52. The molecule has 1 aromatic rings. The molecule has 1 saturated heterocycles. The van der Waals surface area contributed by atoms with Gasteiger partial charge in [0.05, 0.1) is 11.2 Å². The Morgan fingerprint density at radius 1 is 1.35 bits per heavy atom. The van der Waals surface area contributed by atoms with E-state index >= 15 is 0 Å². The number of hydrogen-bond donors (Lipinski definition) is 1. The van der Waals surface area contributed by atoms with E-state index < -0.39 is 14.9 Å². The van der Waals surface area contributed by atoms with Gasteiger partial charge in [0, 0.05) is 36.8 Å². The van der Waals surface area contributed by atoms with Gasteiger partial charge in [-0.25, -0.2) is 13.1 Å². The van der Waals surface area contributed by atoms with Crippen LogP contribution in [0.2, 0.25) is 0 Å². The molecule has 126 valence electrons. The molecule has 1 aliphatic rings. The molecule has 1 unspecified atom stereocenters. The van der Waals surface area contributed by atoms with Crippen LogP contribution in [0.25, 0.3) is 0 Å². The number of hydrogen-bond acceptors (Lipinski definition) is 5. The van der Waals surface area contributed by atoms with Crippen molar-refractivity contribution in [3.05, 3.63) is 39.9 Å². The number of nitro groups is 1. The zero-order chi connectivity index (χ0) is 17.0. The maximum atomic E-state index is 12.6. The Labute approximate surface area is 134 Å². The third-order valence-corrected chi connectivity index (χ3v) is 4.49. The molecule has 8 nitrogen and oxygen atoms in total. The van der Waals surface area contributed by atoms with E-state index in [0.717, 1.165) is 25.5 Å². The van der Waals surface area contributed by atoms with Crippen LogP contribution in [0.5, 0.6) is 0 Å². The van der Waals surface area contributed by atoms with Crippen molar-refractivity contribution >= 4 is 21.6 Å². The minimum absolute atomic E-state index is 0.0736. The number of carbonyl (C=O) groups is 1. The molecule has 23 heavy (non-hydrogen) atoms. The van der Waals surface area contributed by atoms with E-state index in [1.165, 1.54) is 24.3 Å². The molecule has 1 atom stereocenters. The summed E-state index contributed by atoms with van der Waals surface area (Å²) in [6, 6.07) is 5.23. The highest BCUT2D eigenvalue weighted by molar-refractivity contribution is 7.88. The summed E-state index contributed by atoms with van der Waals surface area (Å²) in [4.78, 5) is 24.4. The van der Waals surface area contributed by atoms with Gasteiger partial charge in [-0.2, -0.15) is 0 Å². The number of nitrogens with one attached hydrogen (secondary N) is 1. The molecule has 0 aliphatic carbocycles. The van der Waals surface area contributed by atoms with Gasteiger partial charge in [0.15, 0.2) is 0 Å². The van der Waals surface area contributed by atoms with E-state index in [2.05, 4.69) is 4.72 Å². The number of benzene rings is 1. The molecule has 0 aromatic heterocycles. The molecule has 0 radical (unpaired) electrons. The van der Waals surface area contributed by atoms with Crippen LogP contribution in [0.4, 0.5) is 5.69 Å². The van der Waals surface area contributed by atoms with E-state index in [-0.39, 0.29) is 24.2 Å². The molecular weight excluding hydrogens is 322 g/mol. The van der Waals surface area contributed by atoms with Crippen molar-refractivity contribution in [3.8, 4) is 0 Å².